The highest BCUT2D eigenvalue weighted by Crippen LogP contribution is 2.06. The molecule has 0 aromatic heterocycles. The van der Waals surface area contributed by atoms with Crippen LogP contribution in [0, 0.1) is 0 Å². The number of hydrogen-bond donors (Lipinski definition) is 1. The van der Waals surface area contributed by atoms with Crippen molar-refractivity contribution in [2.45, 2.75) is 36.7 Å². The molecule has 0 aliphatic carbocycles. The molecule has 1 unspecified atom stereocenters. The van der Waals surface area contributed by atoms with Crippen LogP contribution in [0.4, 0.5) is 0 Å². The highest BCUT2D eigenvalue weighted by Gasteiger charge is 2.09. The van der Waals surface area contributed by atoms with Gasteiger partial charge in [-0.2, -0.15) is 0 Å². The zero-order valence-electron chi connectivity index (χ0n) is 9.74. The molecule has 0 saturated carbocycles. The number of hydrogen-bond acceptors (Lipinski definition) is 1. The summed E-state index contributed by atoms with van der Waals surface area (Å²) in [5.74, 6) is 0.144. The zero-order valence-corrected chi connectivity index (χ0v) is 11.9. The molecule has 1 amide bonds. The summed E-state index contributed by atoms with van der Waals surface area (Å²) >= 11 is 2.27. The third-order valence-corrected chi connectivity index (χ3v) is 2.70. The molecule has 0 spiro atoms. The van der Waals surface area contributed by atoms with Gasteiger partial charge in [-0.25, -0.2) is 0 Å². The third-order valence-electron chi connectivity index (χ3n) is 2.26. The Labute approximate surface area is 111 Å². The van der Waals surface area contributed by atoms with Gasteiger partial charge in [0.15, 0.2) is 0 Å². The highest BCUT2D eigenvalue weighted by molar-refractivity contribution is 14.1. The van der Waals surface area contributed by atoms with Crippen molar-refractivity contribution in [2.24, 2.45) is 0 Å². The first-order chi connectivity index (χ1) is 7.58. The SMILES string of the molecule is CC(I)CC(=O)N[C@H](C)Cc1ccccc1. The highest BCUT2D eigenvalue weighted by atomic mass is 127. The molecule has 0 aliphatic heterocycles. The second kappa shape index (κ2) is 6.89. The van der Waals surface area contributed by atoms with E-state index in [9.17, 15) is 4.79 Å². The van der Waals surface area contributed by atoms with E-state index in [4.69, 9.17) is 0 Å². The molecule has 2 atom stereocenters. The van der Waals surface area contributed by atoms with E-state index in [2.05, 4.69) is 40.0 Å². The Hall–Kier alpha value is -0.580. The molecular weight excluding hydrogens is 313 g/mol. The molecule has 1 aromatic rings. The number of carbonyl (C=O) groups excluding carboxylic acids is 1. The molecule has 1 aromatic carbocycles. The largest absolute Gasteiger partial charge is 0.353 e. The molecule has 1 rings (SSSR count). The van der Waals surface area contributed by atoms with E-state index in [0.29, 0.717) is 10.3 Å². The monoisotopic (exact) mass is 331 g/mol. The van der Waals surface area contributed by atoms with Gasteiger partial charge in [-0.1, -0.05) is 59.8 Å². The number of alkyl halides is 1. The van der Waals surface area contributed by atoms with Crippen molar-refractivity contribution in [2.75, 3.05) is 0 Å². The average molecular weight is 331 g/mol. The van der Waals surface area contributed by atoms with Crippen LogP contribution in [0.3, 0.4) is 0 Å². The smallest absolute Gasteiger partial charge is 0.221 e. The summed E-state index contributed by atoms with van der Waals surface area (Å²) in [4.78, 5) is 11.5. The van der Waals surface area contributed by atoms with Crippen LogP contribution in [0.25, 0.3) is 0 Å². The van der Waals surface area contributed by atoms with Crippen LogP contribution < -0.4 is 5.32 Å². The van der Waals surface area contributed by atoms with Gasteiger partial charge in [0.25, 0.3) is 0 Å². The second-order valence-electron chi connectivity index (χ2n) is 4.14. The fourth-order valence-corrected chi connectivity index (χ4v) is 2.01. The summed E-state index contributed by atoms with van der Waals surface area (Å²) in [5.41, 5.74) is 1.26. The fourth-order valence-electron chi connectivity index (χ4n) is 1.61. The molecule has 0 aliphatic rings. The number of rotatable bonds is 5. The predicted octanol–water partition coefficient (Wildman–Crippen LogP) is 2.95. The Morgan fingerprint density at radius 3 is 2.50 bits per heavy atom. The molecule has 0 radical (unpaired) electrons. The first kappa shape index (κ1) is 13.5. The first-order valence-corrected chi connectivity index (χ1v) is 6.80. The van der Waals surface area contributed by atoms with E-state index in [-0.39, 0.29) is 11.9 Å². The third kappa shape index (κ3) is 5.49. The van der Waals surface area contributed by atoms with Crippen LogP contribution >= 0.6 is 22.6 Å². The van der Waals surface area contributed by atoms with E-state index in [1.807, 2.05) is 32.0 Å². The Balaban J connectivity index is 2.36. The fraction of sp³-hybridized carbons (Fsp3) is 0.462. The maximum atomic E-state index is 11.5. The van der Waals surface area contributed by atoms with Gasteiger partial charge < -0.3 is 5.32 Å². The molecule has 3 heteroatoms. The second-order valence-corrected chi connectivity index (χ2v) is 6.27. The van der Waals surface area contributed by atoms with Crippen LogP contribution in [-0.2, 0) is 11.2 Å². The average Bonchev–Trinajstić information content (AvgIpc) is 2.17. The summed E-state index contributed by atoms with van der Waals surface area (Å²) in [7, 11) is 0. The summed E-state index contributed by atoms with van der Waals surface area (Å²) in [5, 5.41) is 3.02. The van der Waals surface area contributed by atoms with Crippen molar-refractivity contribution in [1.82, 2.24) is 5.32 Å². The van der Waals surface area contributed by atoms with Crippen LogP contribution in [-0.4, -0.2) is 15.9 Å². The quantitative estimate of drug-likeness (QED) is 0.652. The van der Waals surface area contributed by atoms with Gasteiger partial charge in [0.1, 0.15) is 0 Å². The van der Waals surface area contributed by atoms with Crippen LogP contribution in [0.1, 0.15) is 25.8 Å². The van der Waals surface area contributed by atoms with Gasteiger partial charge in [-0.15, -0.1) is 0 Å². The lowest BCUT2D eigenvalue weighted by Gasteiger charge is -2.14. The van der Waals surface area contributed by atoms with Crippen molar-refractivity contribution in [3.05, 3.63) is 35.9 Å². The van der Waals surface area contributed by atoms with Crippen LogP contribution in [0.15, 0.2) is 30.3 Å². The topological polar surface area (TPSA) is 29.1 Å². The van der Waals surface area contributed by atoms with Gasteiger partial charge in [-0.05, 0) is 18.9 Å². The number of nitrogens with one attached hydrogen (secondary N) is 1. The van der Waals surface area contributed by atoms with E-state index < -0.39 is 0 Å². The van der Waals surface area contributed by atoms with Gasteiger partial charge in [-0.3, -0.25) is 4.79 Å². The van der Waals surface area contributed by atoms with Crippen molar-refractivity contribution in [3.63, 3.8) is 0 Å². The van der Waals surface area contributed by atoms with E-state index in [1.54, 1.807) is 0 Å². The maximum Gasteiger partial charge on any atom is 0.221 e. The summed E-state index contributed by atoms with van der Waals surface area (Å²) < 4.78 is 0.390. The van der Waals surface area contributed by atoms with Crippen molar-refractivity contribution in [3.8, 4) is 0 Å². The van der Waals surface area contributed by atoms with Gasteiger partial charge in [0, 0.05) is 16.4 Å². The molecule has 2 nitrogen and oxygen atoms in total. The molecule has 0 heterocycles. The van der Waals surface area contributed by atoms with Gasteiger partial charge in [0.05, 0.1) is 0 Å². The van der Waals surface area contributed by atoms with Gasteiger partial charge >= 0.3 is 0 Å². The van der Waals surface area contributed by atoms with Crippen LogP contribution in [0.2, 0.25) is 0 Å². The first-order valence-electron chi connectivity index (χ1n) is 5.55. The zero-order chi connectivity index (χ0) is 12.0. The number of amides is 1. The lowest BCUT2D eigenvalue weighted by molar-refractivity contribution is -0.121. The number of carbonyl (C=O) groups is 1. The molecule has 88 valence electrons. The van der Waals surface area contributed by atoms with Crippen molar-refractivity contribution >= 4 is 28.5 Å². The summed E-state index contributed by atoms with van der Waals surface area (Å²) in [6, 6.07) is 10.4. The standard InChI is InChI=1S/C13H18INO/c1-10(14)8-13(16)15-11(2)9-12-6-4-3-5-7-12/h3-7,10-11H,8-9H2,1-2H3,(H,15,16)/t10?,11-/m1/s1. The summed E-state index contributed by atoms with van der Waals surface area (Å²) in [6.45, 7) is 4.09. The molecule has 16 heavy (non-hydrogen) atoms. The van der Waals surface area contributed by atoms with Gasteiger partial charge in [0.2, 0.25) is 5.91 Å². The molecule has 0 fully saturated rings. The molecule has 1 N–H and O–H groups in total. The van der Waals surface area contributed by atoms with Crippen LogP contribution in [0.5, 0.6) is 0 Å². The lowest BCUT2D eigenvalue weighted by Crippen LogP contribution is -2.34. The predicted molar refractivity (Wildman–Crippen MR) is 75.8 cm³/mol. The minimum Gasteiger partial charge on any atom is -0.353 e. The number of benzene rings is 1. The maximum absolute atomic E-state index is 11.5. The Kier molecular flexibility index (Phi) is 5.80. The van der Waals surface area contributed by atoms with E-state index in [0.717, 1.165) is 6.42 Å². The minimum absolute atomic E-state index is 0.144. The van der Waals surface area contributed by atoms with Crippen molar-refractivity contribution < 1.29 is 4.79 Å². The molecule has 0 bridgehead atoms. The Morgan fingerprint density at radius 2 is 1.94 bits per heavy atom. The normalized spacial score (nSPS) is 14.2. The number of halogens is 1. The van der Waals surface area contributed by atoms with Crippen molar-refractivity contribution in [1.29, 1.82) is 0 Å². The molecular formula is C13H18INO. The van der Waals surface area contributed by atoms with E-state index in [1.165, 1.54) is 5.56 Å². The lowest BCUT2D eigenvalue weighted by atomic mass is 10.1. The van der Waals surface area contributed by atoms with E-state index >= 15 is 0 Å². The minimum atomic E-state index is 0.144. The Morgan fingerprint density at radius 1 is 1.31 bits per heavy atom. The Bertz CT molecular complexity index is 324. The summed E-state index contributed by atoms with van der Waals surface area (Å²) in [6.07, 6.45) is 1.49. The molecule has 0 saturated heterocycles.